The first kappa shape index (κ1) is 16.3. The number of hydrogen-bond acceptors (Lipinski definition) is 5. The van der Waals surface area contributed by atoms with Gasteiger partial charge >= 0.3 is 0 Å². The Hall–Kier alpha value is -2.18. The summed E-state index contributed by atoms with van der Waals surface area (Å²) < 4.78 is 7.53. The number of nitrogens with zero attached hydrogens (tertiary/aromatic N) is 4. The monoisotopic (exact) mass is 352 g/mol. The van der Waals surface area contributed by atoms with Gasteiger partial charge in [-0.25, -0.2) is 4.68 Å². The van der Waals surface area contributed by atoms with Crippen molar-refractivity contribution in [2.45, 2.75) is 36.4 Å². The van der Waals surface area contributed by atoms with E-state index in [9.17, 15) is 0 Å². The molecule has 1 aliphatic rings. The molecular weight excluding hydrogens is 332 g/mol. The topological polar surface area (TPSA) is 52.8 Å². The van der Waals surface area contributed by atoms with Crippen LogP contribution in [0.5, 0.6) is 0 Å². The van der Waals surface area contributed by atoms with Crippen LogP contribution in [0.25, 0.3) is 11.1 Å². The second kappa shape index (κ2) is 7.80. The molecule has 0 spiro atoms. The smallest absolute Gasteiger partial charge is 0.209 e. The van der Waals surface area contributed by atoms with Gasteiger partial charge in [-0.15, -0.1) is 5.10 Å². The summed E-state index contributed by atoms with van der Waals surface area (Å²) in [6.07, 6.45) is 2.46. The summed E-state index contributed by atoms with van der Waals surface area (Å²) in [7, 11) is 0. The first-order valence-electron chi connectivity index (χ1n) is 8.53. The third-order valence-electron chi connectivity index (χ3n) is 4.33. The summed E-state index contributed by atoms with van der Waals surface area (Å²) >= 11 is 1.66. The zero-order valence-corrected chi connectivity index (χ0v) is 14.7. The summed E-state index contributed by atoms with van der Waals surface area (Å²) in [4.78, 5) is 0. The molecule has 1 saturated heterocycles. The third kappa shape index (κ3) is 4.08. The van der Waals surface area contributed by atoms with Crippen LogP contribution in [0.1, 0.15) is 18.4 Å². The minimum absolute atomic E-state index is 0.244. The highest BCUT2D eigenvalue weighted by molar-refractivity contribution is 7.98. The fraction of sp³-hybridized carbons (Fsp3) is 0.316. The van der Waals surface area contributed by atoms with Crippen molar-refractivity contribution in [1.29, 1.82) is 0 Å². The Labute approximate surface area is 151 Å². The Balaban J connectivity index is 1.38. The van der Waals surface area contributed by atoms with Crippen LogP contribution >= 0.6 is 11.8 Å². The maximum Gasteiger partial charge on any atom is 0.209 e. The van der Waals surface area contributed by atoms with Gasteiger partial charge in [-0.3, -0.25) is 0 Å². The Bertz CT molecular complexity index is 798. The van der Waals surface area contributed by atoms with E-state index in [1.54, 1.807) is 11.8 Å². The van der Waals surface area contributed by atoms with Crippen LogP contribution < -0.4 is 0 Å². The second-order valence-electron chi connectivity index (χ2n) is 6.13. The van der Waals surface area contributed by atoms with Gasteiger partial charge in [-0.1, -0.05) is 66.4 Å². The van der Waals surface area contributed by atoms with Crippen molar-refractivity contribution in [2.75, 3.05) is 6.61 Å². The molecule has 1 unspecified atom stereocenters. The molecule has 1 aliphatic heterocycles. The molecule has 6 heteroatoms. The van der Waals surface area contributed by atoms with Gasteiger partial charge < -0.3 is 4.74 Å². The van der Waals surface area contributed by atoms with E-state index < -0.39 is 0 Å². The van der Waals surface area contributed by atoms with Crippen molar-refractivity contribution in [3.63, 3.8) is 0 Å². The molecule has 0 aliphatic carbocycles. The lowest BCUT2D eigenvalue weighted by molar-refractivity contribution is 0.0912. The first-order valence-corrected chi connectivity index (χ1v) is 9.52. The van der Waals surface area contributed by atoms with E-state index in [1.165, 1.54) is 16.7 Å². The van der Waals surface area contributed by atoms with Crippen LogP contribution in [0.2, 0.25) is 0 Å². The van der Waals surface area contributed by atoms with E-state index in [2.05, 4.69) is 64.1 Å². The van der Waals surface area contributed by atoms with Gasteiger partial charge in [0.05, 0.1) is 12.6 Å². The van der Waals surface area contributed by atoms with Crippen molar-refractivity contribution in [3.05, 3.63) is 60.2 Å². The number of tetrazole rings is 1. The predicted octanol–water partition coefficient (Wildman–Crippen LogP) is 3.81. The van der Waals surface area contributed by atoms with E-state index in [0.717, 1.165) is 36.9 Å². The van der Waals surface area contributed by atoms with Crippen LogP contribution in [-0.4, -0.2) is 32.9 Å². The molecule has 0 amide bonds. The normalized spacial score (nSPS) is 17.0. The molecule has 2 heterocycles. The molecule has 0 bridgehead atoms. The minimum atomic E-state index is 0.244. The molecule has 1 aromatic heterocycles. The third-order valence-corrected chi connectivity index (χ3v) is 5.36. The molecule has 4 rings (SSSR count). The number of aromatic nitrogens is 4. The molecule has 2 aromatic carbocycles. The van der Waals surface area contributed by atoms with Crippen LogP contribution in [0.15, 0.2) is 59.8 Å². The zero-order chi connectivity index (χ0) is 16.9. The minimum Gasteiger partial charge on any atom is -0.376 e. The van der Waals surface area contributed by atoms with Gasteiger partial charge in [0.1, 0.15) is 0 Å². The Morgan fingerprint density at radius 2 is 1.84 bits per heavy atom. The van der Waals surface area contributed by atoms with Crippen molar-refractivity contribution in [3.8, 4) is 11.1 Å². The quantitative estimate of drug-likeness (QED) is 0.632. The predicted molar refractivity (Wildman–Crippen MR) is 98.2 cm³/mol. The second-order valence-corrected chi connectivity index (χ2v) is 7.07. The van der Waals surface area contributed by atoms with Crippen LogP contribution in [-0.2, 0) is 17.0 Å². The summed E-state index contributed by atoms with van der Waals surface area (Å²) in [5.41, 5.74) is 3.73. The highest BCUT2D eigenvalue weighted by Gasteiger charge is 2.18. The maximum absolute atomic E-state index is 5.67. The number of rotatable bonds is 6. The zero-order valence-electron chi connectivity index (χ0n) is 13.9. The lowest BCUT2D eigenvalue weighted by Crippen LogP contribution is -2.16. The van der Waals surface area contributed by atoms with Crippen LogP contribution in [0.3, 0.4) is 0 Å². The molecule has 1 atom stereocenters. The average molecular weight is 352 g/mol. The van der Waals surface area contributed by atoms with E-state index in [4.69, 9.17) is 4.74 Å². The van der Waals surface area contributed by atoms with Crippen molar-refractivity contribution in [2.24, 2.45) is 0 Å². The van der Waals surface area contributed by atoms with Crippen molar-refractivity contribution < 1.29 is 4.74 Å². The van der Waals surface area contributed by atoms with E-state index in [1.807, 2.05) is 10.7 Å². The molecule has 25 heavy (non-hydrogen) atoms. The standard InChI is InChI=1S/C19H20N4OS/c1-2-5-16(6-3-1)17-10-8-15(9-11-17)14-25-19-20-21-22-23(19)13-18-7-4-12-24-18/h1-3,5-6,8-11,18H,4,7,12-14H2. The summed E-state index contributed by atoms with van der Waals surface area (Å²) in [5.74, 6) is 0.848. The van der Waals surface area contributed by atoms with Gasteiger partial charge in [0.2, 0.25) is 5.16 Å². The number of hydrogen-bond donors (Lipinski definition) is 0. The van der Waals surface area contributed by atoms with Gasteiger partial charge in [0.25, 0.3) is 0 Å². The fourth-order valence-electron chi connectivity index (χ4n) is 2.97. The summed E-state index contributed by atoms with van der Waals surface area (Å²) in [6, 6.07) is 19.1. The molecule has 5 nitrogen and oxygen atoms in total. The molecule has 128 valence electrons. The number of ether oxygens (including phenoxy) is 1. The number of thioether (sulfide) groups is 1. The highest BCUT2D eigenvalue weighted by atomic mass is 32.2. The molecule has 0 N–H and O–H groups in total. The Morgan fingerprint density at radius 3 is 2.60 bits per heavy atom. The Kier molecular flexibility index (Phi) is 5.09. The average Bonchev–Trinajstić information content (AvgIpc) is 3.34. The molecule has 1 fully saturated rings. The van der Waals surface area contributed by atoms with Gasteiger partial charge in [0.15, 0.2) is 0 Å². The van der Waals surface area contributed by atoms with E-state index >= 15 is 0 Å². The summed E-state index contributed by atoms with van der Waals surface area (Å²) in [5, 5.41) is 12.9. The van der Waals surface area contributed by atoms with Crippen LogP contribution in [0.4, 0.5) is 0 Å². The fourth-order valence-corrected chi connectivity index (χ4v) is 3.81. The van der Waals surface area contributed by atoms with E-state index in [0.29, 0.717) is 0 Å². The van der Waals surface area contributed by atoms with Crippen molar-refractivity contribution in [1.82, 2.24) is 20.2 Å². The Morgan fingerprint density at radius 1 is 1.04 bits per heavy atom. The van der Waals surface area contributed by atoms with Gasteiger partial charge in [0, 0.05) is 12.4 Å². The molecule has 3 aromatic rings. The maximum atomic E-state index is 5.67. The first-order chi connectivity index (χ1) is 12.4. The number of benzene rings is 2. The lowest BCUT2D eigenvalue weighted by Gasteiger charge is -2.10. The molecule has 0 radical (unpaired) electrons. The highest BCUT2D eigenvalue weighted by Crippen LogP contribution is 2.24. The van der Waals surface area contributed by atoms with Crippen LogP contribution in [0, 0.1) is 0 Å². The molecular formula is C19H20N4OS. The SMILES string of the molecule is c1ccc(-c2ccc(CSc3nnnn3CC3CCCO3)cc2)cc1. The largest absolute Gasteiger partial charge is 0.376 e. The van der Waals surface area contributed by atoms with Crippen molar-refractivity contribution >= 4 is 11.8 Å². The molecule has 0 saturated carbocycles. The van der Waals surface area contributed by atoms with E-state index in [-0.39, 0.29) is 6.10 Å². The van der Waals surface area contributed by atoms with Gasteiger partial charge in [-0.2, -0.15) is 0 Å². The van der Waals surface area contributed by atoms with Gasteiger partial charge in [-0.05, 0) is 40.0 Å². The lowest BCUT2D eigenvalue weighted by atomic mass is 10.0. The summed E-state index contributed by atoms with van der Waals surface area (Å²) in [6.45, 7) is 1.59.